The van der Waals surface area contributed by atoms with Crippen LogP contribution in [0, 0.1) is 0 Å². The van der Waals surface area contributed by atoms with E-state index in [2.05, 4.69) is 6.58 Å². The second-order valence-electron chi connectivity index (χ2n) is 4.08. The second-order valence-corrected chi connectivity index (χ2v) is 4.08. The lowest BCUT2D eigenvalue weighted by Crippen LogP contribution is -2.32. The topological polar surface area (TPSA) is 18.5 Å². The standard InChI is InChI=1S/C11H18O2/c1-9-7-11(13-9)8-12-10-5-3-2-4-6-10/h10-11H,1-8H2. The molecule has 1 heterocycles. The summed E-state index contributed by atoms with van der Waals surface area (Å²) in [7, 11) is 0. The molecule has 0 radical (unpaired) electrons. The quantitative estimate of drug-likeness (QED) is 0.668. The molecule has 0 aromatic rings. The lowest BCUT2D eigenvalue weighted by Gasteiger charge is -2.32. The zero-order valence-electron chi connectivity index (χ0n) is 8.13. The van der Waals surface area contributed by atoms with Gasteiger partial charge < -0.3 is 9.47 Å². The molecule has 2 aliphatic rings. The van der Waals surface area contributed by atoms with Crippen molar-refractivity contribution >= 4 is 0 Å². The van der Waals surface area contributed by atoms with E-state index in [0.29, 0.717) is 12.2 Å². The van der Waals surface area contributed by atoms with Gasteiger partial charge in [-0.3, -0.25) is 0 Å². The number of hydrogen-bond donors (Lipinski definition) is 0. The number of ether oxygens (including phenoxy) is 2. The Balaban J connectivity index is 1.59. The predicted molar refractivity (Wildman–Crippen MR) is 51.5 cm³/mol. The van der Waals surface area contributed by atoms with Crippen LogP contribution < -0.4 is 0 Å². The van der Waals surface area contributed by atoms with Crippen molar-refractivity contribution in [2.45, 2.75) is 50.7 Å². The molecule has 0 bridgehead atoms. The average Bonchev–Trinajstić information content (AvgIpc) is 2.12. The largest absolute Gasteiger partial charge is 0.492 e. The molecule has 2 rings (SSSR count). The summed E-state index contributed by atoms with van der Waals surface area (Å²) in [6.07, 6.45) is 8.34. The molecule has 1 unspecified atom stereocenters. The number of hydrogen-bond acceptors (Lipinski definition) is 2. The Bertz CT molecular complexity index is 175. The molecule has 1 aliphatic heterocycles. The minimum Gasteiger partial charge on any atom is -0.492 e. The molecule has 2 nitrogen and oxygen atoms in total. The normalized spacial score (nSPS) is 29.5. The molecule has 0 amide bonds. The van der Waals surface area contributed by atoms with Gasteiger partial charge in [-0.05, 0) is 12.8 Å². The summed E-state index contributed by atoms with van der Waals surface area (Å²) in [6, 6.07) is 0. The lowest BCUT2D eigenvalue weighted by atomic mass is 9.98. The van der Waals surface area contributed by atoms with Gasteiger partial charge in [0.2, 0.25) is 0 Å². The summed E-state index contributed by atoms with van der Waals surface area (Å²) in [5, 5.41) is 0. The Hall–Kier alpha value is -0.500. The van der Waals surface area contributed by atoms with Crippen LogP contribution in [0.2, 0.25) is 0 Å². The third-order valence-corrected chi connectivity index (χ3v) is 2.86. The minimum atomic E-state index is 0.300. The van der Waals surface area contributed by atoms with Crippen molar-refractivity contribution in [3.63, 3.8) is 0 Å². The highest BCUT2D eigenvalue weighted by atomic mass is 16.6. The molecule has 0 aromatic carbocycles. The van der Waals surface area contributed by atoms with Crippen molar-refractivity contribution in [1.82, 2.24) is 0 Å². The van der Waals surface area contributed by atoms with E-state index >= 15 is 0 Å². The Kier molecular flexibility index (Phi) is 2.89. The molecule has 2 fully saturated rings. The van der Waals surface area contributed by atoms with Gasteiger partial charge >= 0.3 is 0 Å². The van der Waals surface area contributed by atoms with Gasteiger partial charge in [-0.2, -0.15) is 0 Å². The van der Waals surface area contributed by atoms with Crippen LogP contribution in [0.4, 0.5) is 0 Å². The fraction of sp³-hybridized carbons (Fsp3) is 0.818. The molecule has 1 atom stereocenters. The monoisotopic (exact) mass is 182 g/mol. The minimum absolute atomic E-state index is 0.300. The summed E-state index contributed by atoms with van der Waals surface area (Å²) in [5.74, 6) is 0.914. The summed E-state index contributed by atoms with van der Waals surface area (Å²) >= 11 is 0. The molecule has 1 aliphatic carbocycles. The van der Waals surface area contributed by atoms with Crippen LogP contribution in [-0.4, -0.2) is 18.8 Å². The van der Waals surface area contributed by atoms with E-state index < -0.39 is 0 Å². The molecule has 13 heavy (non-hydrogen) atoms. The second kappa shape index (κ2) is 4.14. The van der Waals surface area contributed by atoms with Crippen LogP contribution in [-0.2, 0) is 9.47 Å². The Labute approximate surface area is 79.9 Å². The smallest absolute Gasteiger partial charge is 0.128 e. The van der Waals surface area contributed by atoms with Crippen LogP contribution in [0.5, 0.6) is 0 Å². The van der Waals surface area contributed by atoms with E-state index in [1.165, 1.54) is 32.1 Å². The summed E-state index contributed by atoms with van der Waals surface area (Å²) in [6.45, 7) is 4.50. The van der Waals surface area contributed by atoms with Crippen LogP contribution in [0.15, 0.2) is 12.3 Å². The van der Waals surface area contributed by atoms with Crippen molar-refractivity contribution in [3.05, 3.63) is 12.3 Å². The zero-order valence-corrected chi connectivity index (χ0v) is 8.13. The average molecular weight is 182 g/mol. The molecular formula is C11H18O2. The highest BCUT2D eigenvalue weighted by Crippen LogP contribution is 2.25. The molecular weight excluding hydrogens is 164 g/mol. The maximum Gasteiger partial charge on any atom is 0.128 e. The van der Waals surface area contributed by atoms with Crippen molar-refractivity contribution in [1.29, 1.82) is 0 Å². The Morgan fingerprint density at radius 3 is 2.62 bits per heavy atom. The first-order valence-electron chi connectivity index (χ1n) is 5.30. The first-order valence-corrected chi connectivity index (χ1v) is 5.30. The fourth-order valence-corrected chi connectivity index (χ4v) is 2.05. The van der Waals surface area contributed by atoms with Crippen LogP contribution in [0.1, 0.15) is 38.5 Å². The molecule has 0 aromatic heterocycles. The molecule has 1 saturated heterocycles. The van der Waals surface area contributed by atoms with E-state index in [4.69, 9.17) is 9.47 Å². The van der Waals surface area contributed by atoms with E-state index in [-0.39, 0.29) is 0 Å². The first kappa shape index (κ1) is 9.07. The van der Waals surface area contributed by atoms with E-state index in [1.54, 1.807) is 0 Å². The van der Waals surface area contributed by atoms with Gasteiger partial charge in [0, 0.05) is 6.42 Å². The first-order chi connectivity index (χ1) is 6.34. The molecule has 0 spiro atoms. The van der Waals surface area contributed by atoms with Gasteiger partial charge in [0.1, 0.15) is 6.10 Å². The maximum absolute atomic E-state index is 5.77. The van der Waals surface area contributed by atoms with Crippen LogP contribution in [0.25, 0.3) is 0 Å². The van der Waals surface area contributed by atoms with Crippen LogP contribution in [0.3, 0.4) is 0 Å². The maximum atomic E-state index is 5.77. The lowest BCUT2D eigenvalue weighted by molar-refractivity contribution is -0.0735. The van der Waals surface area contributed by atoms with Gasteiger partial charge in [-0.15, -0.1) is 0 Å². The van der Waals surface area contributed by atoms with Crippen molar-refractivity contribution in [2.24, 2.45) is 0 Å². The van der Waals surface area contributed by atoms with E-state index in [0.717, 1.165) is 18.8 Å². The highest BCUT2D eigenvalue weighted by molar-refractivity contribution is 4.96. The Morgan fingerprint density at radius 2 is 2.00 bits per heavy atom. The van der Waals surface area contributed by atoms with Gasteiger partial charge in [0.15, 0.2) is 0 Å². The van der Waals surface area contributed by atoms with Crippen molar-refractivity contribution in [2.75, 3.05) is 6.61 Å². The van der Waals surface area contributed by atoms with Gasteiger partial charge in [-0.25, -0.2) is 0 Å². The summed E-state index contributed by atoms with van der Waals surface area (Å²) < 4.78 is 11.1. The van der Waals surface area contributed by atoms with Gasteiger partial charge in [0.25, 0.3) is 0 Å². The molecule has 0 N–H and O–H groups in total. The fourth-order valence-electron chi connectivity index (χ4n) is 2.05. The third-order valence-electron chi connectivity index (χ3n) is 2.86. The van der Waals surface area contributed by atoms with Crippen molar-refractivity contribution in [3.8, 4) is 0 Å². The van der Waals surface area contributed by atoms with E-state index in [1.807, 2.05) is 0 Å². The number of rotatable bonds is 3. The van der Waals surface area contributed by atoms with Crippen LogP contribution >= 0.6 is 0 Å². The van der Waals surface area contributed by atoms with Gasteiger partial charge in [-0.1, -0.05) is 25.8 Å². The molecule has 1 saturated carbocycles. The van der Waals surface area contributed by atoms with Gasteiger partial charge in [0.05, 0.1) is 18.5 Å². The third kappa shape index (κ3) is 2.47. The predicted octanol–water partition coefficient (Wildman–Crippen LogP) is 2.64. The van der Waals surface area contributed by atoms with E-state index in [9.17, 15) is 0 Å². The molecule has 2 heteroatoms. The molecule has 74 valence electrons. The van der Waals surface area contributed by atoms with Crippen molar-refractivity contribution < 1.29 is 9.47 Å². The highest BCUT2D eigenvalue weighted by Gasteiger charge is 2.24. The summed E-state index contributed by atoms with van der Waals surface area (Å²) in [4.78, 5) is 0. The zero-order chi connectivity index (χ0) is 9.10. The SMILES string of the molecule is C=C1CC(COC2CCCCC2)O1. The summed E-state index contributed by atoms with van der Waals surface area (Å²) in [5.41, 5.74) is 0. The Morgan fingerprint density at radius 1 is 1.31 bits per heavy atom.